The molecule has 0 aliphatic heterocycles. The molecule has 0 aromatic heterocycles. The Morgan fingerprint density at radius 1 is 1.33 bits per heavy atom. The van der Waals surface area contributed by atoms with Gasteiger partial charge in [-0.2, -0.15) is 5.26 Å². The molecule has 0 saturated heterocycles. The second kappa shape index (κ2) is 7.90. The molecule has 2 N–H and O–H groups in total. The third-order valence-electron chi connectivity index (χ3n) is 3.74. The first-order chi connectivity index (χ1) is 10.2. The van der Waals surface area contributed by atoms with Gasteiger partial charge >= 0.3 is 0 Å². The molecule has 2 rings (SSSR count). The van der Waals surface area contributed by atoms with Crippen LogP contribution in [0.1, 0.15) is 44.1 Å². The van der Waals surface area contributed by atoms with Gasteiger partial charge in [-0.3, -0.25) is 4.79 Å². The minimum absolute atomic E-state index is 0.0918. The largest absolute Gasteiger partial charge is 0.384 e. The van der Waals surface area contributed by atoms with Gasteiger partial charge in [-0.1, -0.05) is 30.9 Å². The van der Waals surface area contributed by atoms with Crippen molar-refractivity contribution in [1.82, 2.24) is 5.32 Å². The molecule has 112 valence electrons. The Labute approximate surface area is 130 Å². The standard InChI is InChI=1S/C16H20ClN3O/c17-15-10-14(7-6-12(15)11-18)19-9-8-16(21)20-13-4-2-1-3-5-13/h6-7,10,13,19H,1-5,8-9H2,(H,20,21). The van der Waals surface area contributed by atoms with Gasteiger partial charge in [-0.05, 0) is 31.0 Å². The fourth-order valence-electron chi connectivity index (χ4n) is 2.58. The van der Waals surface area contributed by atoms with Gasteiger partial charge in [0.1, 0.15) is 6.07 Å². The SMILES string of the molecule is N#Cc1ccc(NCCC(=O)NC2CCCCC2)cc1Cl. The highest BCUT2D eigenvalue weighted by atomic mass is 35.5. The van der Waals surface area contributed by atoms with Crippen molar-refractivity contribution in [3.05, 3.63) is 28.8 Å². The summed E-state index contributed by atoms with van der Waals surface area (Å²) in [5.74, 6) is 0.0918. The molecule has 0 spiro atoms. The number of halogens is 1. The second-order valence-corrected chi connectivity index (χ2v) is 5.79. The van der Waals surface area contributed by atoms with E-state index in [0.717, 1.165) is 18.5 Å². The van der Waals surface area contributed by atoms with E-state index in [2.05, 4.69) is 10.6 Å². The quantitative estimate of drug-likeness (QED) is 0.875. The zero-order valence-electron chi connectivity index (χ0n) is 12.0. The third kappa shape index (κ3) is 4.95. The van der Waals surface area contributed by atoms with E-state index in [1.165, 1.54) is 19.3 Å². The number of carbonyl (C=O) groups is 1. The molecule has 5 heteroatoms. The van der Waals surface area contributed by atoms with E-state index in [-0.39, 0.29) is 5.91 Å². The summed E-state index contributed by atoms with van der Waals surface area (Å²) in [5.41, 5.74) is 1.28. The van der Waals surface area contributed by atoms with Crippen LogP contribution >= 0.6 is 11.6 Å². The lowest BCUT2D eigenvalue weighted by molar-refractivity contribution is -0.121. The van der Waals surface area contributed by atoms with Crippen molar-refractivity contribution < 1.29 is 4.79 Å². The van der Waals surface area contributed by atoms with Gasteiger partial charge in [-0.25, -0.2) is 0 Å². The fourth-order valence-corrected chi connectivity index (χ4v) is 2.81. The van der Waals surface area contributed by atoms with Gasteiger partial charge in [0.05, 0.1) is 10.6 Å². The summed E-state index contributed by atoms with van der Waals surface area (Å²) < 4.78 is 0. The summed E-state index contributed by atoms with van der Waals surface area (Å²) in [7, 11) is 0. The molecule has 4 nitrogen and oxygen atoms in total. The number of nitriles is 1. The van der Waals surface area contributed by atoms with Crippen molar-refractivity contribution in [1.29, 1.82) is 5.26 Å². The maximum Gasteiger partial charge on any atom is 0.221 e. The molecule has 1 aliphatic rings. The molecular weight excluding hydrogens is 286 g/mol. The second-order valence-electron chi connectivity index (χ2n) is 5.39. The van der Waals surface area contributed by atoms with Crippen LogP contribution < -0.4 is 10.6 Å². The fraction of sp³-hybridized carbons (Fsp3) is 0.500. The lowest BCUT2D eigenvalue weighted by atomic mass is 9.95. The number of hydrogen-bond acceptors (Lipinski definition) is 3. The molecule has 1 amide bonds. The molecule has 1 aromatic carbocycles. The zero-order valence-corrected chi connectivity index (χ0v) is 12.7. The Hall–Kier alpha value is -1.73. The lowest BCUT2D eigenvalue weighted by Crippen LogP contribution is -2.36. The maximum atomic E-state index is 11.8. The van der Waals surface area contributed by atoms with Crippen LogP contribution in [0.25, 0.3) is 0 Å². The van der Waals surface area contributed by atoms with E-state index in [0.29, 0.717) is 29.6 Å². The van der Waals surface area contributed by atoms with Gasteiger partial charge in [0, 0.05) is 24.7 Å². The Morgan fingerprint density at radius 2 is 2.10 bits per heavy atom. The minimum Gasteiger partial charge on any atom is -0.384 e. The summed E-state index contributed by atoms with van der Waals surface area (Å²) in [5, 5.41) is 15.5. The van der Waals surface area contributed by atoms with Crippen LogP contribution in [0.15, 0.2) is 18.2 Å². The first-order valence-corrected chi connectivity index (χ1v) is 7.79. The van der Waals surface area contributed by atoms with Crippen molar-refractivity contribution in [2.24, 2.45) is 0 Å². The van der Waals surface area contributed by atoms with Crippen LogP contribution in [0.2, 0.25) is 5.02 Å². The number of hydrogen-bond donors (Lipinski definition) is 2. The van der Waals surface area contributed by atoms with Crippen LogP contribution in [0.3, 0.4) is 0 Å². The van der Waals surface area contributed by atoms with Crippen LogP contribution in [0.5, 0.6) is 0 Å². The van der Waals surface area contributed by atoms with Gasteiger partial charge in [0.15, 0.2) is 0 Å². The number of carbonyl (C=O) groups excluding carboxylic acids is 1. The van der Waals surface area contributed by atoms with Crippen LogP contribution in [0.4, 0.5) is 5.69 Å². The molecule has 21 heavy (non-hydrogen) atoms. The summed E-state index contributed by atoms with van der Waals surface area (Å²) in [6.07, 6.45) is 6.36. The van der Waals surface area contributed by atoms with Gasteiger partial charge in [0.2, 0.25) is 5.91 Å². The molecule has 1 aliphatic carbocycles. The summed E-state index contributed by atoms with van der Waals surface area (Å²) in [4.78, 5) is 11.8. The van der Waals surface area contributed by atoms with Gasteiger partial charge in [-0.15, -0.1) is 0 Å². The van der Waals surface area contributed by atoms with Crippen LogP contribution in [-0.4, -0.2) is 18.5 Å². The summed E-state index contributed by atoms with van der Waals surface area (Å²) in [6.45, 7) is 0.556. The van der Waals surface area contributed by atoms with Crippen molar-refractivity contribution in [3.63, 3.8) is 0 Å². The molecule has 1 fully saturated rings. The predicted molar refractivity (Wildman–Crippen MR) is 84.3 cm³/mol. The van der Waals surface area contributed by atoms with Crippen molar-refractivity contribution in [2.45, 2.75) is 44.6 Å². The highest BCUT2D eigenvalue weighted by molar-refractivity contribution is 6.32. The molecule has 0 atom stereocenters. The van der Waals surface area contributed by atoms with Crippen LogP contribution in [0, 0.1) is 11.3 Å². The minimum atomic E-state index is 0.0918. The van der Waals surface area contributed by atoms with E-state index < -0.39 is 0 Å². The first kappa shape index (κ1) is 15.7. The van der Waals surface area contributed by atoms with Crippen molar-refractivity contribution >= 4 is 23.2 Å². The monoisotopic (exact) mass is 305 g/mol. The molecule has 0 bridgehead atoms. The topological polar surface area (TPSA) is 64.9 Å². The van der Waals surface area contributed by atoms with Crippen molar-refractivity contribution in [3.8, 4) is 6.07 Å². The van der Waals surface area contributed by atoms with Crippen LogP contribution in [-0.2, 0) is 4.79 Å². The highest BCUT2D eigenvalue weighted by Crippen LogP contribution is 2.20. The number of nitrogens with zero attached hydrogens (tertiary/aromatic N) is 1. The average molecular weight is 306 g/mol. The summed E-state index contributed by atoms with van der Waals surface area (Å²) in [6, 6.07) is 7.55. The maximum absolute atomic E-state index is 11.8. The summed E-state index contributed by atoms with van der Waals surface area (Å²) >= 11 is 5.96. The molecule has 0 heterocycles. The van der Waals surface area contributed by atoms with E-state index in [4.69, 9.17) is 16.9 Å². The molecule has 0 radical (unpaired) electrons. The van der Waals surface area contributed by atoms with Gasteiger partial charge < -0.3 is 10.6 Å². The van der Waals surface area contributed by atoms with E-state index in [1.807, 2.05) is 6.07 Å². The first-order valence-electron chi connectivity index (χ1n) is 7.42. The molecule has 1 aromatic rings. The third-order valence-corrected chi connectivity index (χ3v) is 4.05. The number of rotatable bonds is 5. The Morgan fingerprint density at radius 3 is 2.76 bits per heavy atom. The Bertz CT molecular complexity index is 533. The normalized spacial score (nSPS) is 15.2. The zero-order chi connectivity index (χ0) is 15.1. The Balaban J connectivity index is 1.72. The molecule has 1 saturated carbocycles. The number of nitrogens with one attached hydrogen (secondary N) is 2. The highest BCUT2D eigenvalue weighted by Gasteiger charge is 2.15. The molecule has 0 unspecified atom stereocenters. The van der Waals surface area contributed by atoms with Crippen molar-refractivity contribution in [2.75, 3.05) is 11.9 Å². The molecular formula is C16H20ClN3O. The number of amides is 1. The number of benzene rings is 1. The smallest absolute Gasteiger partial charge is 0.221 e. The predicted octanol–water partition coefficient (Wildman–Crippen LogP) is 3.46. The number of anilines is 1. The van der Waals surface area contributed by atoms with E-state index in [1.54, 1.807) is 18.2 Å². The van der Waals surface area contributed by atoms with Gasteiger partial charge in [0.25, 0.3) is 0 Å². The average Bonchev–Trinajstić information content (AvgIpc) is 2.48. The van der Waals surface area contributed by atoms with E-state index >= 15 is 0 Å². The lowest BCUT2D eigenvalue weighted by Gasteiger charge is -2.22. The van der Waals surface area contributed by atoms with E-state index in [9.17, 15) is 4.79 Å². The Kier molecular flexibility index (Phi) is 5.89.